The van der Waals surface area contributed by atoms with Gasteiger partial charge < -0.3 is 37.2 Å². The lowest BCUT2D eigenvalue weighted by atomic mass is 10.0. The molecule has 0 saturated carbocycles. The normalized spacial score (nSPS) is 12.0. The smallest absolute Gasteiger partial charge is 0.322 e. The van der Waals surface area contributed by atoms with Crippen LogP contribution in [0.25, 0.3) is 0 Å². The molecule has 2 atom stereocenters. The SMILES string of the molecule is N[C@@H](Cc1ccccc1)C(=O)NCC(=O)N[C@@H](Cc1ccc(O)cc1)C(=O)NCC(=O)NCC(=O)O. The van der Waals surface area contributed by atoms with Gasteiger partial charge in [-0.05, 0) is 29.7 Å². The molecule has 12 heteroatoms. The summed E-state index contributed by atoms with van der Waals surface area (Å²) in [4.78, 5) is 59.6. The van der Waals surface area contributed by atoms with Crippen LogP contribution in [0.5, 0.6) is 5.75 Å². The molecule has 8 N–H and O–H groups in total. The largest absolute Gasteiger partial charge is 0.508 e. The summed E-state index contributed by atoms with van der Waals surface area (Å²) in [5, 5.41) is 27.4. The van der Waals surface area contributed by atoms with Crippen LogP contribution in [-0.2, 0) is 36.8 Å². The Balaban J connectivity index is 1.93. The number of carbonyl (C=O) groups excluding carboxylic acids is 4. The molecule has 0 radical (unpaired) electrons. The van der Waals surface area contributed by atoms with Gasteiger partial charge in [0.1, 0.15) is 18.3 Å². The van der Waals surface area contributed by atoms with Crippen LogP contribution in [0.15, 0.2) is 54.6 Å². The van der Waals surface area contributed by atoms with Crippen molar-refractivity contribution in [3.63, 3.8) is 0 Å². The average molecular weight is 500 g/mol. The topological polar surface area (TPSA) is 200 Å². The second-order valence-corrected chi connectivity index (χ2v) is 7.89. The number of nitrogens with two attached hydrogens (primary N) is 1. The van der Waals surface area contributed by atoms with Crippen LogP contribution in [-0.4, -0.2) is 71.5 Å². The molecule has 2 aromatic carbocycles. The Labute approximate surface area is 207 Å². The molecule has 36 heavy (non-hydrogen) atoms. The predicted octanol–water partition coefficient (Wildman–Crippen LogP) is -1.58. The highest BCUT2D eigenvalue weighted by atomic mass is 16.4. The van der Waals surface area contributed by atoms with E-state index in [1.165, 1.54) is 12.1 Å². The van der Waals surface area contributed by atoms with E-state index in [9.17, 15) is 29.1 Å². The third kappa shape index (κ3) is 10.2. The van der Waals surface area contributed by atoms with Crippen LogP contribution >= 0.6 is 0 Å². The first-order valence-corrected chi connectivity index (χ1v) is 11.0. The number of carboxylic acids is 1. The number of rotatable bonds is 13. The summed E-state index contributed by atoms with van der Waals surface area (Å²) in [7, 11) is 0. The summed E-state index contributed by atoms with van der Waals surface area (Å²) in [5.74, 6) is -3.84. The number of benzene rings is 2. The van der Waals surface area contributed by atoms with Gasteiger partial charge in [0.25, 0.3) is 0 Å². The maximum Gasteiger partial charge on any atom is 0.322 e. The van der Waals surface area contributed by atoms with Gasteiger partial charge in [0, 0.05) is 6.42 Å². The third-order valence-electron chi connectivity index (χ3n) is 4.95. The van der Waals surface area contributed by atoms with Crippen molar-refractivity contribution in [2.75, 3.05) is 19.6 Å². The molecule has 0 heterocycles. The zero-order valence-corrected chi connectivity index (χ0v) is 19.4. The minimum absolute atomic E-state index is 0.0217. The summed E-state index contributed by atoms with van der Waals surface area (Å²) in [6.45, 7) is -1.53. The second kappa shape index (κ2) is 14.1. The number of aromatic hydroxyl groups is 1. The lowest BCUT2D eigenvalue weighted by molar-refractivity contribution is -0.138. The van der Waals surface area contributed by atoms with Gasteiger partial charge in [-0.25, -0.2) is 0 Å². The molecular formula is C24H29N5O7. The number of nitrogens with one attached hydrogen (secondary N) is 4. The third-order valence-corrected chi connectivity index (χ3v) is 4.95. The minimum Gasteiger partial charge on any atom is -0.508 e. The first kappa shape index (κ1) is 27.8. The molecule has 0 bridgehead atoms. The van der Waals surface area contributed by atoms with Crippen molar-refractivity contribution in [2.45, 2.75) is 24.9 Å². The molecule has 2 rings (SSSR count). The summed E-state index contributed by atoms with van der Waals surface area (Å²) < 4.78 is 0. The Morgan fingerprint density at radius 1 is 0.722 bits per heavy atom. The van der Waals surface area contributed by atoms with Gasteiger partial charge in [0.2, 0.25) is 23.6 Å². The summed E-state index contributed by atoms with van der Waals surface area (Å²) in [5.41, 5.74) is 7.38. The molecule has 0 fully saturated rings. The number of phenols is 1. The van der Waals surface area contributed by atoms with E-state index >= 15 is 0 Å². The van der Waals surface area contributed by atoms with Crippen LogP contribution in [0, 0.1) is 0 Å². The molecule has 4 amide bonds. The van der Waals surface area contributed by atoms with E-state index < -0.39 is 61.3 Å². The molecule has 12 nitrogen and oxygen atoms in total. The van der Waals surface area contributed by atoms with Gasteiger partial charge >= 0.3 is 5.97 Å². The Bertz CT molecular complexity index is 1060. The van der Waals surface area contributed by atoms with Crippen molar-refractivity contribution < 1.29 is 34.2 Å². The van der Waals surface area contributed by atoms with Crippen molar-refractivity contribution in [1.82, 2.24) is 21.3 Å². The quantitative estimate of drug-likeness (QED) is 0.171. The number of amides is 4. The van der Waals surface area contributed by atoms with Gasteiger partial charge in [-0.15, -0.1) is 0 Å². The van der Waals surface area contributed by atoms with E-state index in [2.05, 4.69) is 21.3 Å². The van der Waals surface area contributed by atoms with Crippen LogP contribution < -0.4 is 27.0 Å². The molecule has 0 spiro atoms. The zero-order chi connectivity index (χ0) is 26.5. The molecule has 0 saturated heterocycles. The monoisotopic (exact) mass is 499 g/mol. The lowest BCUT2D eigenvalue weighted by Gasteiger charge is -2.19. The van der Waals surface area contributed by atoms with Crippen molar-refractivity contribution in [2.24, 2.45) is 5.73 Å². The molecule has 192 valence electrons. The first-order valence-electron chi connectivity index (χ1n) is 11.0. The fraction of sp³-hybridized carbons (Fsp3) is 0.292. The minimum atomic E-state index is -1.24. The van der Waals surface area contributed by atoms with Crippen molar-refractivity contribution in [1.29, 1.82) is 0 Å². The standard InChI is InChI=1S/C24H29N5O7/c25-18(10-15-4-2-1-3-5-15)23(35)27-13-21(32)29-19(11-16-6-8-17(30)9-7-16)24(36)28-12-20(31)26-14-22(33)34/h1-9,18-19,30H,10-14,25H2,(H,26,31)(H,27,35)(H,28,36)(H,29,32)(H,33,34)/t18-,19-/m0/s1. The molecular weight excluding hydrogens is 470 g/mol. The van der Waals surface area contributed by atoms with Crippen molar-refractivity contribution in [3.8, 4) is 5.75 Å². The molecule has 0 unspecified atom stereocenters. The van der Waals surface area contributed by atoms with Gasteiger partial charge in [-0.1, -0.05) is 42.5 Å². The molecule has 0 aliphatic carbocycles. The van der Waals surface area contributed by atoms with E-state index in [1.54, 1.807) is 12.1 Å². The lowest BCUT2D eigenvalue weighted by Crippen LogP contribution is -2.53. The predicted molar refractivity (Wildman–Crippen MR) is 129 cm³/mol. The Kier molecular flexibility index (Phi) is 10.9. The molecule has 0 aliphatic heterocycles. The average Bonchev–Trinajstić information content (AvgIpc) is 2.86. The van der Waals surface area contributed by atoms with E-state index in [-0.39, 0.29) is 18.6 Å². The number of hydrogen-bond donors (Lipinski definition) is 7. The van der Waals surface area contributed by atoms with Crippen LogP contribution in [0.4, 0.5) is 0 Å². The fourth-order valence-corrected chi connectivity index (χ4v) is 3.11. The van der Waals surface area contributed by atoms with E-state index in [0.29, 0.717) is 5.56 Å². The summed E-state index contributed by atoms with van der Waals surface area (Å²) in [6.07, 6.45) is 0.306. The number of carboxylic acid groups (broad SMARTS) is 1. The van der Waals surface area contributed by atoms with Crippen LogP contribution in [0.2, 0.25) is 0 Å². The summed E-state index contributed by atoms with van der Waals surface area (Å²) in [6, 6.07) is 13.1. The number of carbonyl (C=O) groups is 5. The van der Waals surface area contributed by atoms with Crippen LogP contribution in [0.1, 0.15) is 11.1 Å². The Hall–Kier alpha value is -4.45. The van der Waals surface area contributed by atoms with Crippen molar-refractivity contribution >= 4 is 29.6 Å². The van der Waals surface area contributed by atoms with Crippen molar-refractivity contribution in [3.05, 3.63) is 65.7 Å². The Morgan fingerprint density at radius 2 is 1.31 bits per heavy atom. The molecule has 0 aromatic heterocycles. The first-order chi connectivity index (χ1) is 17.1. The number of hydrogen-bond acceptors (Lipinski definition) is 7. The highest BCUT2D eigenvalue weighted by molar-refractivity contribution is 5.93. The highest BCUT2D eigenvalue weighted by Gasteiger charge is 2.23. The zero-order valence-electron chi connectivity index (χ0n) is 19.4. The van der Waals surface area contributed by atoms with E-state index in [0.717, 1.165) is 5.56 Å². The highest BCUT2D eigenvalue weighted by Crippen LogP contribution is 2.11. The molecule has 0 aliphatic rings. The summed E-state index contributed by atoms with van der Waals surface area (Å²) >= 11 is 0. The van der Waals surface area contributed by atoms with Gasteiger partial charge in [-0.2, -0.15) is 0 Å². The van der Waals surface area contributed by atoms with Crippen LogP contribution in [0.3, 0.4) is 0 Å². The van der Waals surface area contributed by atoms with Gasteiger partial charge in [0.05, 0.1) is 19.1 Å². The maximum atomic E-state index is 12.7. The second-order valence-electron chi connectivity index (χ2n) is 7.89. The van der Waals surface area contributed by atoms with E-state index in [1.807, 2.05) is 30.3 Å². The maximum absolute atomic E-state index is 12.7. The van der Waals surface area contributed by atoms with E-state index in [4.69, 9.17) is 10.8 Å². The Morgan fingerprint density at radius 3 is 1.94 bits per heavy atom. The molecule has 2 aromatic rings. The van der Waals surface area contributed by atoms with Gasteiger partial charge in [-0.3, -0.25) is 24.0 Å². The fourth-order valence-electron chi connectivity index (χ4n) is 3.11. The number of phenolic OH excluding ortho intramolecular Hbond substituents is 1. The van der Waals surface area contributed by atoms with Gasteiger partial charge in [0.15, 0.2) is 0 Å². The number of aliphatic carboxylic acids is 1.